The number of ether oxygens (including phenoxy) is 1. The van der Waals surface area contributed by atoms with Gasteiger partial charge in [0.05, 0.1) is 7.11 Å². The summed E-state index contributed by atoms with van der Waals surface area (Å²) < 4.78 is 5.14. The van der Waals surface area contributed by atoms with Crippen LogP contribution in [0.1, 0.15) is 18.9 Å². The zero-order chi connectivity index (χ0) is 16.1. The molecule has 1 aromatic rings. The molecule has 0 spiro atoms. The predicted molar refractivity (Wildman–Crippen MR) is 89.9 cm³/mol. The van der Waals surface area contributed by atoms with E-state index in [2.05, 4.69) is 6.58 Å². The molecule has 0 unspecified atom stereocenters. The van der Waals surface area contributed by atoms with Gasteiger partial charge in [-0.2, -0.15) is 0 Å². The fourth-order valence-electron chi connectivity index (χ4n) is 2.47. The summed E-state index contributed by atoms with van der Waals surface area (Å²) in [5, 5.41) is 0.548. The fraction of sp³-hybridized carbons (Fsp3) is 0.278. The highest BCUT2D eigenvalue weighted by Crippen LogP contribution is 2.25. The van der Waals surface area contributed by atoms with Gasteiger partial charge in [-0.05, 0) is 42.7 Å². The van der Waals surface area contributed by atoms with Gasteiger partial charge >= 0.3 is 0 Å². The van der Waals surface area contributed by atoms with Gasteiger partial charge in [-0.1, -0.05) is 36.4 Å². The van der Waals surface area contributed by atoms with Crippen molar-refractivity contribution < 1.29 is 9.53 Å². The number of carbonyl (C=O) groups excluding carboxylic acids is 1. The van der Waals surface area contributed by atoms with Gasteiger partial charge in [-0.25, -0.2) is 0 Å². The summed E-state index contributed by atoms with van der Waals surface area (Å²) >= 11 is 5.95. The molecule has 0 aliphatic carbocycles. The number of amides is 1. The van der Waals surface area contributed by atoms with Gasteiger partial charge in [0, 0.05) is 23.7 Å². The zero-order valence-corrected chi connectivity index (χ0v) is 13.7. The Bertz CT molecular complexity index is 629. The lowest BCUT2D eigenvalue weighted by Gasteiger charge is -2.15. The second-order valence-electron chi connectivity index (χ2n) is 5.22. The number of carbonyl (C=O) groups is 1. The number of rotatable bonds is 5. The molecule has 4 heteroatoms. The number of allylic oxidation sites excluding steroid dienone is 4. The molecule has 1 heterocycles. The Morgan fingerprint density at radius 3 is 2.68 bits per heavy atom. The Labute approximate surface area is 136 Å². The van der Waals surface area contributed by atoms with Crippen LogP contribution in [0.2, 0.25) is 0 Å². The van der Waals surface area contributed by atoms with E-state index in [9.17, 15) is 4.79 Å². The van der Waals surface area contributed by atoms with Crippen LogP contribution in [0.4, 0.5) is 0 Å². The van der Waals surface area contributed by atoms with Crippen molar-refractivity contribution in [3.63, 3.8) is 0 Å². The Hall–Kier alpha value is -2.00. The molecule has 22 heavy (non-hydrogen) atoms. The van der Waals surface area contributed by atoms with E-state index < -0.39 is 0 Å². The molecular weight excluding hydrogens is 298 g/mol. The highest BCUT2D eigenvalue weighted by atomic mass is 35.5. The fourth-order valence-corrected chi connectivity index (χ4v) is 2.63. The van der Waals surface area contributed by atoms with Gasteiger partial charge in [0.1, 0.15) is 5.75 Å². The number of halogens is 1. The van der Waals surface area contributed by atoms with Crippen molar-refractivity contribution in [2.75, 3.05) is 13.7 Å². The molecule has 0 saturated carbocycles. The third kappa shape index (κ3) is 3.80. The molecule has 1 fully saturated rings. The summed E-state index contributed by atoms with van der Waals surface area (Å²) in [6, 6.07) is 7.78. The van der Waals surface area contributed by atoms with Crippen molar-refractivity contribution in [1.82, 2.24) is 4.90 Å². The monoisotopic (exact) mass is 317 g/mol. The van der Waals surface area contributed by atoms with Gasteiger partial charge in [0.15, 0.2) is 0 Å². The largest absolute Gasteiger partial charge is 0.497 e. The van der Waals surface area contributed by atoms with Gasteiger partial charge in [0.25, 0.3) is 0 Å². The normalized spacial score (nSPS) is 17.7. The Morgan fingerprint density at radius 2 is 2.09 bits per heavy atom. The molecule has 0 atom stereocenters. The molecule has 1 saturated heterocycles. The first-order chi connectivity index (χ1) is 10.5. The Balaban J connectivity index is 2.10. The predicted octanol–water partition coefficient (Wildman–Crippen LogP) is 4.05. The molecule has 2 rings (SSSR count). The quantitative estimate of drug-likeness (QED) is 0.605. The van der Waals surface area contributed by atoms with E-state index in [1.165, 1.54) is 0 Å². The first-order valence-corrected chi connectivity index (χ1v) is 7.54. The summed E-state index contributed by atoms with van der Waals surface area (Å²) in [5.74, 6) is 0.898. The lowest BCUT2D eigenvalue weighted by molar-refractivity contribution is -0.125. The minimum Gasteiger partial charge on any atom is -0.497 e. The minimum absolute atomic E-state index is 0.0816. The van der Waals surface area contributed by atoms with Gasteiger partial charge in [-0.15, -0.1) is 0 Å². The van der Waals surface area contributed by atoms with E-state index in [-0.39, 0.29) is 5.91 Å². The van der Waals surface area contributed by atoms with E-state index in [1.54, 1.807) is 19.3 Å². The standard InChI is InChI=1S/C18H20ClNO2/c1-4-15(19)11-13(2)17-9-10-20(18(17)21)12-14-5-7-16(22-3)8-6-14/h4-8,11H,1,9-10,12H2,2-3H3/b15-11+,17-13+. The van der Waals surface area contributed by atoms with Crippen LogP contribution in [-0.4, -0.2) is 24.5 Å². The van der Waals surface area contributed by atoms with Gasteiger partial charge < -0.3 is 9.64 Å². The molecule has 1 amide bonds. The molecule has 0 bridgehead atoms. The Kier molecular flexibility index (Phi) is 5.45. The van der Waals surface area contributed by atoms with E-state index in [1.807, 2.05) is 36.1 Å². The van der Waals surface area contributed by atoms with Crippen LogP contribution in [0.25, 0.3) is 0 Å². The number of likely N-dealkylation sites (tertiary alicyclic amines) is 1. The first kappa shape index (κ1) is 16.4. The van der Waals surface area contributed by atoms with Crippen LogP contribution >= 0.6 is 11.6 Å². The zero-order valence-electron chi connectivity index (χ0n) is 12.9. The number of methoxy groups -OCH3 is 1. The molecule has 1 aromatic carbocycles. The minimum atomic E-state index is 0.0816. The van der Waals surface area contributed by atoms with Crippen molar-refractivity contribution in [2.24, 2.45) is 0 Å². The van der Waals surface area contributed by atoms with Gasteiger partial charge in [0.2, 0.25) is 5.91 Å². The molecule has 1 aliphatic heterocycles. The average Bonchev–Trinajstić information content (AvgIpc) is 2.89. The van der Waals surface area contributed by atoms with Crippen LogP contribution in [-0.2, 0) is 11.3 Å². The number of benzene rings is 1. The first-order valence-electron chi connectivity index (χ1n) is 7.16. The topological polar surface area (TPSA) is 29.5 Å². The van der Waals surface area contributed by atoms with E-state index >= 15 is 0 Å². The molecule has 0 radical (unpaired) electrons. The highest BCUT2D eigenvalue weighted by Gasteiger charge is 2.27. The molecule has 0 aromatic heterocycles. The van der Waals surface area contributed by atoms with Crippen LogP contribution in [0.3, 0.4) is 0 Å². The van der Waals surface area contributed by atoms with E-state index in [4.69, 9.17) is 16.3 Å². The maximum Gasteiger partial charge on any atom is 0.250 e. The smallest absolute Gasteiger partial charge is 0.250 e. The van der Waals surface area contributed by atoms with Crippen molar-refractivity contribution >= 4 is 17.5 Å². The third-order valence-electron chi connectivity index (χ3n) is 3.73. The number of hydrogen-bond acceptors (Lipinski definition) is 2. The number of nitrogens with zero attached hydrogens (tertiary/aromatic N) is 1. The lowest BCUT2D eigenvalue weighted by Crippen LogP contribution is -2.24. The number of hydrogen-bond donors (Lipinski definition) is 0. The summed E-state index contributed by atoms with van der Waals surface area (Å²) in [4.78, 5) is 14.3. The van der Waals surface area contributed by atoms with Crippen LogP contribution in [0.15, 0.2) is 59.2 Å². The van der Waals surface area contributed by atoms with Crippen molar-refractivity contribution in [2.45, 2.75) is 19.9 Å². The summed E-state index contributed by atoms with van der Waals surface area (Å²) in [6.45, 7) is 6.87. The van der Waals surface area contributed by atoms with Crippen molar-refractivity contribution in [3.8, 4) is 5.75 Å². The van der Waals surface area contributed by atoms with Crippen molar-refractivity contribution in [1.29, 1.82) is 0 Å². The maximum absolute atomic E-state index is 12.5. The second-order valence-corrected chi connectivity index (χ2v) is 5.66. The summed E-state index contributed by atoms with van der Waals surface area (Å²) in [6.07, 6.45) is 4.11. The third-order valence-corrected chi connectivity index (χ3v) is 4.00. The summed E-state index contributed by atoms with van der Waals surface area (Å²) in [5.41, 5.74) is 2.83. The second kappa shape index (κ2) is 7.32. The van der Waals surface area contributed by atoms with E-state index in [0.29, 0.717) is 11.6 Å². The van der Waals surface area contributed by atoms with Crippen molar-refractivity contribution in [3.05, 3.63) is 64.7 Å². The van der Waals surface area contributed by atoms with Crippen LogP contribution < -0.4 is 4.74 Å². The molecule has 116 valence electrons. The summed E-state index contributed by atoms with van der Waals surface area (Å²) in [7, 11) is 1.64. The molecule has 0 N–H and O–H groups in total. The van der Waals surface area contributed by atoms with Crippen LogP contribution in [0, 0.1) is 0 Å². The lowest BCUT2D eigenvalue weighted by atomic mass is 10.1. The molecule has 3 nitrogen and oxygen atoms in total. The Morgan fingerprint density at radius 1 is 1.41 bits per heavy atom. The van der Waals surface area contributed by atoms with Gasteiger partial charge in [-0.3, -0.25) is 4.79 Å². The maximum atomic E-state index is 12.5. The van der Waals surface area contributed by atoms with Crippen LogP contribution in [0.5, 0.6) is 5.75 Å². The average molecular weight is 318 g/mol. The SMILES string of the molecule is C=C/C(Cl)=C\C(C)=C1/CCN(Cc2ccc(OC)cc2)C1=O. The molecular formula is C18H20ClNO2. The highest BCUT2D eigenvalue weighted by molar-refractivity contribution is 6.31. The molecule has 1 aliphatic rings. The van der Waals surface area contributed by atoms with E-state index in [0.717, 1.165) is 35.4 Å².